The van der Waals surface area contributed by atoms with E-state index in [1.54, 1.807) is 0 Å². The zero-order valence-electron chi connectivity index (χ0n) is 10.4. The predicted octanol–water partition coefficient (Wildman–Crippen LogP) is 3.13. The lowest BCUT2D eigenvalue weighted by Crippen LogP contribution is -2.33. The van der Waals surface area contributed by atoms with Crippen LogP contribution in [0.25, 0.3) is 0 Å². The van der Waals surface area contributed by atoms with Gasteiger partial charge in [-0.3, -0.25) is 4.79 Å². The number of carbonyl (C=O) groups is 1. The minimum Gasteiger partial charge on any atom is -0.372 e. The second-order valence-corrected chi connectivity index (χ2v) is 4.92. The Morgan fingerprint density at radius 1 is 1.07 bits per heavy atom. The Bertz CT molecular complexity index is 245. The van der Waals surface area contributed by atoms with E-state index in [9.17, 15) is 4.79 Å². The van der Waals surface area contributed by atoms with Gasteiger partial charge in [-0.05, 0) is 47.0 Å². The summed E-state index contributed by atoms with van der Waals surface area (Å²) in [6, 6.07) is 0.930. The standard InChI is InChI=1S/C13H23NO/c1-10(2)14(11(3)4)9-12-7-5-6-8-13(12)15/h9-11H,5-8H2,1-4H3/b12-9+. The number of carbonyl (C=O) groups excluding carboxylic acids is 1. The van der Waals surface area contributed by atoms with Crippen LogP contribution in [-0.2, 0) is 4.79 Å². The van der Waals surface area contributed by atoms with Crippen LogP contribution in [0.1, 0.15) is 53.4 Å². The second kappa shape index (κ2) is 5.34. The summed E-state index contributed by atoms with van der Waals surface area (Å²) in [6.07, 6.45) is 6.04. The van der Waals surface area contributed by atoms with Gasteiger partial charge in [-0.15, -0.1) is 0 Å². The molecule has 0 aliphatic heterocycles. The van der Waals surface area contributed by atoms with Gasteiger partial charge in [0.25, 0.3) is 0 Å². The van der Waals surface area contributed by atoms with Crippen LogP contribution in [-0.4, -0.2) is 22.8 Å². The Labute approximate surface area is 93.3 Å². The fourth-order valence-corrected chi connectivity index (χ4v) is 2.11. The Balaban J connectivity index is 2.76. The number of allylic oxidation sites excluding steroid dienone is 1. The first-order valence-corrected chi connectivity index (χ1v) is 6.03. The van der Waals surface area contributed by atoms with Gasteiger partial charge in [-0.1, -0.05) is 0 Å². The van der Waals surface area contributed by atoms with Crippen molar-refractivity contribution in [3.63, 3.8) is 0 Å². The largest absolute Gasteiger partial charge is 0.372 e. The van der Waals surface area contributed by atoms with Crippen molar-refractivity contribution in [2.75, 3.05) is 0 Å². The van der Waals surface area contributed by atoms with Gasteiger partial charge in [0, 0.05) is 30.3 Å². The van der Waals surface area contributed by atoms with E-state index in [1.807, 2.05) is 0 Å². The van der Waals surface area contributed by atoms with E-state index in [0.717, 1.165) is 24.8 Å². The first-order valence-electron chi connectivity index (χ1n) is 6.03. The number of Topliss-reactive ketones (excluding diaryl/α,β-unsaturated/α-hetero) is 1. The fourth-order valence-electron chi connectivity index (χ4n) is 2.11. The summed E-state index contributed by atoms with van der Waals surface area (Å²) in [4.78, 5) is 14.0. The smallest absolute Gasteiger partial charge is 0.160 e. The maximum atomic E-state index is 11.7. The molecule has 2 nitrogen and oxygen atoms in total. The number of rotatable bonds is 3. The maximum Gasteiger partial charge on any atom is 0.160 e. The van der Waals surface area contributed by atoms with Crippen LogP contribution in [0.15, 0.2) is 11.8 Å². The van der Waals surface area contributed by atoms with Gasteiger partial charge >= 0.3 is 0 Å². The van der Waals surface area contributed by atoms with Crippen LogP contribution < -0.4 is 0 Å². The summed E-state index contributed by atoms with van der Waals surface area (Å²) in [7, 11) is 0. The van der Waals surface area contributed by atoms with Crippen molar-refractivity contribution in [2.45, 2.75) is 65.5 Å². The predicted molar refractivity (Wildman–Crippen MR) is 63.7 cm³/mol. The van der Waals surface area contributed by atoms with Gasteiger partial charge in [0.2, 0.25) is 0 Å². The lowest BCUT2D eigenvalue weighted by Gasteiger charge is -2.30. The third-order valence-corrected chi connectivity index (χ3v) is 2.96. The first kappa shape index (κ1) is 12.3. The lowest BCUT2D eigenvalue weighted by molar-refractivity contribution is -0.116. The van der Waals surface area contributed by atoms with Crippen LogP contribution >= 0.6 is 0 Å². The van der Waals surface area contributed by atoms with Gasteiger partial charge in [0.05, 0.1) is 0 Å². The van der Waals surface area contributed by atoms with E-state index < -0.39 is 0 Å². The van der Waals surface area contributed by atoms with Crippen LogP contribution in [0, 0.1) is 0 Å². The van der Waals surface area contributed by atoms with Crippen LogP contribution in [0.5, 0.6) is 0 Å². The molecule has 0 aromatic carbocycles. The van der Waals surface area contributed by atoms with Crippen LogP contribution in [0.3, 0.4) is 0 Å². The van der Waals surface area contributed by atoms with E-state index in [0.29, 0.717) is 17.9 Å². The zero-order chi connectivity index (χ0) is 11.4. The van der Waals surface area contributed by atoms with E-state index >= 15 is 0 Å². The molecule has 1 saturated carbocycles. The first-order chi connectivity index (χ1) is 7.02. The van der Waals surface area contributed by atoms with Gasteiger partial charge in [-0.2, -0.15) is 0 Å². The topological polar surface area (TPSA) is 20.3 Å². The monoisotopic (exact) mass is 209 g/mol. The molecule has 1 rings (SSSR count). The van der Waals surface area contributed by atoms with Crippen molar-refractivity contribution in [1.82, 2.24) is 4.90 Å². The van der Waals surface area contributed by atoms with Crippen molar-refractivity contribution in [3.05, 3.63) is 11.8 Å². The van der Waals surface area contributed by atoms with Crippen molar-refractivity contribution in [1.29, 1.82) is 0 Å². The molecule has 15 heavy (non-hydrogen) atoms. The highest BCUT2D eigenvalue weighted by Crippen LogP contribution is 2.21. The maximum absolute atomic E-state index is 11.7. The van der Waals surface area contributed by atoms with E-state index in [-0.39, 0.29) is 0 Å². The van der Waals surface area contributed by atoms with Gasteiger partial charge in [0.15, 0.2) is 5.78 Å². The Hall–Kier alpha value is -0.790. The SMILES string of the molecule is CC(C)N(/C=C1\CCCCC1=O)C(C)C. The zero-order valence-corrected chi connectivity index (χ0v) is 10.4. The summed E-state index contributed by atoms with van der Waals surface area (Å²) in [5, 5.41) is 0. The molecule has 86 valence electrons. The molecule has 0 aromatic rings. The molecule has 0 radical (unpaired) electrons. The van der Waals surface area contributed by atoms with Crippen LogP contribution in [0.2, 0.25) is 0 Å². The molecule has 0 heterocycles. The normalized spacial score (nSPS) is 20.4. The highest BCUT2D eigenvalue weighted by molar-refractivity contribution is 5.95. The van der Waals surface area contributed by atoms with E-state index in [2.05, 4.69) is 38.8 Å². The van der Waals surface area contributed by atoms with E-state index in [4.69, 9.17) is 0 Å². The quantitative estimate of drug-likeness (QED) is 0.666. The summed E-state index contributed by atoms with van der Waals surface area (Å²) in [6.45, 7) is 8.68. The third kappa shape index (κ3) is 3.37. The van der Waals surface area contributed by atoms with Crippen molar-refractivity contribution in [2.24, 2.45) is 0 Å². The van der Waals surface area contributed by atoms with Gasteiger partial charge in [0.1, 0.15) is 0 Å². The Morgan fingerprint density at radius 2 is 1.60 bits per heavy atom. The fraction of sp³-hybridized carbons (Fsp3) is 0.769. The summed E-state index contributed by atoms with van der Waals surface area (Å²) in [5.74, 6) is 0.354. The van der Waals surface area contributed by atoms with Gasteiger partial charge < -0.3 is 4.90 Å². The summed E-state index contributed by atoms with van der Waals surface area (Å²) >= 11 is 0. The lowest BCUT2D eigenvalue weighted by atomic mass is 9.94. The molecule has 0 saturated heterocycles. The second-order valence-electron chi connectivity index (χ2n) is 4.92. The highest BCUT2D eigenvalue weighted by Gasteiger charge is 2.17. The molecule has 1 aliphatic carbocycles. The minimum absolute atomic E-state index is 0.354. The average molecular weight is 209 g/mol. The molecule has 2 heteroatoms. The highest BCUT2D eigenvalue weighted by atomic mass is 16.1. The molecule has 0 aromatic heterocycles. The Morgan fingerprint density at radius 3 is 2.07 bits per heavy atom. The molecular weight excluding hydrogens is 186 g/mol. The van der Waals surface area contributed by atoms with Gasteiger partial charge in [-0.25, -0.2) is 0 Å². The summed E-state index contributed by atoms with van der Waals surface area (Å²) in [5.41, 5.74) is 1.03. The number of hydrogen-bond acceptors (Lipinski definition) is 2. The van der Waals surface area contributed by atoms with Crippen molar-refractivity contribution < 1.29 is 4.79 Å². The Kier molecular flexibility index (Phi) is 4.37. The average Bonchev–Trinajstić information content (AvgIpc) is 2.15. The van der Waals surface area contributed by atoms with Crippen molar-refractivity contribution in [3.8, 4) is 0 Å². The number of hydrogen-bond donors (Lipinski definition) is 0. The molecule has 0 spiro atoms. The molecule has 0 unspecified atom stereocenters. The molecule has 0 amide bonds. The molecule has 1 aliphatic rings. The van der Waals surface area contributed by atoms with Crippen molar-refractivity contribution >= 4 is 5.78 Å². The molecular formula is C13H23NO. The molecule has 1 fully saturated rings. The third-order valence-electron chi connectivity index (χ3n) is 2.96. The minimum atomic E-state index is 0.354. The molecule has 0 bridgehead atoms. The molecule has 0 atom stereocenters. The van der Waals surface area contributed by atoms with E-state index in [1.165, 1.54) is 6.42 Å². The molecule has 0 N–H and O–H groups in total. The summed E-state index contributed by atoms with van der Waals surface area (Å²) < 4.78 is 0. The van der Waals surface area contributed by atoms with Crippen LogP contribution in [0.4, 0.5) is 0 Å². The number of ketones is 1. The number of nitrogens with zero attached hydrogens (tertiary/aromatic N) is 1.